The fraction of sp³-hybridized carbons (Fsp3) is 0.182. The molecule has 16 heavy (non-hydrogen) atoms. The van der Waals surface area contributed by atoms with Crippen LogP contribution in [0.5, 0.6) is 0 Å². The van der Waals surface area contributed by atoms with E-state index in [1.165, 1.54) is 13.0 Å². The molecule has 0 aromatic carbocycles. The van der Waals surface area contributed by atoms with Crippen LogP contribution < -0.4 is 0 Å². The molecule has 2 N–H and O–H groups in total. The minimum Gasteiger partial charge on any atom is -0.478 e. The second kappa shape index (κ2) is 4.45. The minimum atomic E-state index is -1.55. The number of ketones is 1. The van der Waals surface area contributed by atoms with Crippen molar-refractivity contribution in [1.82, 2.24) is 0 Å². The predicted molar refractivity (Wildman–Crippen MR) is 53.4 cm³/mol. The third-order valence-electron chi connectivity index (χ3n) is 2.00. The zero-order chi connectivity index (χ0) is 12.3. The first kappa shape index (κ1) is 11.7. The maximum Gasteiger partial charge on any atom is 0.340 e. The summed E-state index contributed by atoms with van der Waals surface area (Å²) in [5, 5.41) is 17.5. The zero-order valence-corrected chi connectivity index (χ0v) is 8.35. The Bertz CT molecular complexity index is 484. The van der Waals surface area contributed by atoms with E-state index in [0.717, 1.165) is 6.08 Å². The van der Waals surface area contributed by atoms with Gasteiger partial charge in [0.1, 0.15) is 11.5 Å². The van der Waals surface area contributed by atoms with Gasteiger partial charge < -0.3 is 10.2 Å². The Morgan fingerprint density at radius 2 is 1.94 bits per heavy atom. The molecule has 1 atom stereocenters. The molecule has 0 aromatic heterocycles. The molecule has 0 fully saturated rings. The van der Waals surface area contributed by atoms with Gasteiger partial charge >= 0.3 is 11.9 Å². The monoisotopic (exact) mass is 220 g/mol. The van der Waals surface area contributed by atoms with Crippen LogP contribution in [0.2, 0.25) is 0 Å². The summed E-state index contributed by atoms with van der Waals surface area (Å²) >= 11 is 0. The summed E-state index contributed by atoms with van der Waals surface area (Å²) in [5.74, 6) is 0.336. The molecule has 1 aliphatic carbocycles. The van der Waals surface area contributed by atoms with E-state index >= 15 is 0 Å². The largest absolute Gasteiger partial charge is 0.478 e. The molecule has 0 amide bonds. The maximum atomic E-state index is 11.6. The lowest BCUT2D eigenvalue weighted by Gasteiger charge is -2.12. The smallest absolute Gasteiger partial charge is 0.340 e. The molecular weight excluding hydrogens is 212 g/mol. The molecule has 0 radical (unpaired) electrons. The highest BCUT2D eigenvalue weighted by atomic mass is 16.4. The molecular formula is C11H8O5. The third-order valence-corrected chi connectivity index (χ3v) is 2.00. The second-order valence-corrected chi connectivity index (χ2v) is 2.99. The first-order chi connectivity index (χ1) is 7.49. The molecule has 1 aliphatic rings. The molecule has 0 saturated heterocycles. The van der Waals surface area contributed by atoms with E-state index in [2.05, 4.69) is 11.8 Å². The molecule has 82 valence electrons. The van der Waals surface area contributed by atoms with E-state index in [9.17, 15) is 14.4 Å². The van der Waals surface area contributed by atoms with E-state index in [1.807, 2.05) is 0 Å². The van der Waals surface area contributed by atoms with Gasteiger partial charge in [-0.05, 0) is 13.0 Å². The van der Waals surface area contributed by atoms with Crippen LogP contribution in [0.1, 0.15) is 6.92 Å². The Labute approximate surface area is 91.1 Å². The van der Waals surface area contributed by atoms with Crippen LogP contribution in [0, 0.1) is 17.8 Å². The summed E-state index contributed by atoms with van der Waals surface area (Å²) in [6.07, 6.45) is 2.39. The van der Waals surface area contributed by atoms with Crippen molar-refractivity contribution >= 4 is 17.7 Å². The van der Waals surface area contributed by atoms with Gasteiger partial charge in [-0.15, -0.1) is 5.92 Å². The number of carboxylic acids is 2. The Morgan fingerprint density at radius 3 is 2.38 bits per heavy atom. The first-order valence-corrected chi connectivity index (χ1v) is 4.34. The number of rotatable bonds is 2. The lowest BCUT2D eigenvalue weighted by atomic mass is 9.88. The van der Waals surface area contributed by atoms with E-state index in [1.54, 1.807) is 0 Å². The van der Waals surface area contributed by atoms with E-state index in [0.29, 0.717) is 0 Å². The topological polar surface area (TPSA) is 91.7 Å². The average Bonchev–Trinajstić information content (AvgIpc) is 2.20. The van der Waals surface area contributed by atoms with Crippen molar-refractivity contribution < 1.29 is 24.6 Å². The van der Waals surface area contributed by atoms with Crippen molar-refractivity contribution in [2.75, 3.05) is 0 Å². The summed E-state index contributed by atoms with van der Waals surface area (Å²) in [6, 6.07) is 0. The summed E-state index contributed by atoms with van der Waals surface area (Å²) in [4.78, 5) is 33.1. The van der Waals surface area contributed by atoms with Gasteiger partial charge in [0.2, 0.25) is 0 Å². The fourth-order valence-corrected chi connectivity index (χ4v) is 1.32. The van der Waals surface area contributed by atoms with Crippen LogP contribution in [-0.4, -0.2) is 27.9 Å². The maximum absolute atomic E-state index is 11.6. The van der Waals surface area contributed by atoms with Crippen LogP contribution in [0.25, 0.3) is 0 Å². The van der Waals surface area contributed by atoms with Gasteiger partial charge in [-0.3, -0.25) is 4.79 Å². The second-order valence-electron chi connectivity index (χ2n) is 2.99. The highest BCUT2D eigenvalue weighted by Gasteiger charge is 2.32. The third kappa shape index (κ3) is 2.01. The standard InChI is InChI=1S/C11H8O5/c1-2-3-6-4-5-7(10(13)14)8(9(6)12)11(15)16/h4-6H,1H3,(H,13,14)(H,15,16). The van der Waals surface area contributed by atoms with E-state index < -0.39 is 34.8 Å². The number of carbonyl (C=O) groups excluding carboxylic acids is 1. The summed E-state index contributed by atoms with van der Waals surface area (Å²) in [5.41, 5.74) is -1.23. The summed E-state index contributed by atoms with van der Waals surface area (Å²) < 4.78 is 0. The molecule has 0 bridgehead atoms. The van der Waals surface area contributed by atoms with E-state index in [4.69, 9.17) is 10.2 Å². The number of Topliss-reactive ketones (excluding diaryl/α,β-unsaturated/α-hetero) is 1. The fourth-order valence-electron chi connectivity index (χ4n) is 1.32. The van der Waals surface area contributed by atoms with Crippen molar-refractivity contribution in [2.45, 2.75) is 6.92 Å². The Kier molecular flexibility index (Phi) is 3.26. The average molecular weight is 220 g/mol. The van der Waals surface area contributed by atoms with Crippen LogP contribution in [0.15, 0.2) is 23.3 Å². The van der Waals surface area contributed by atoms with Gasteiger partial charge in [0, 0.05) is 0 Å². The number of carbonyl (C=O) groups is 3. The highest BCUT2D eigenvalue weighted by molar-refractivity contribution is 6.24. The summed E-state index contributed by atoms with van der Waals surface area (Å²) in [6.45, 7) is 1.51. The predicted octanol–water partition coefficient (Wildman–Crippen LogP) is 0.231. The quantitative estimate of drug-likeness (QED) is 0.513. The molecule has 0 aliphatic heterocycles. The molecule has 1 rings (SSSR count). The van der Waals surface area contributed by atoms with Crippen molar-refractivity contribution in [2.24, 2.45) is 5.92 Å². The van der Waals surface area contributed by atoms with Crippen molar-refractivity contribution in [3.63, 3.8) is 0 Å². The molecule has 0 saturated carbocycles. The molecule has 0 heterocycles. The van der Waals surface area contributed by atoms with Crippen LogP contribution in [0.4, 0.5) is 0 Å². The SMILES string of the molecule is CC#CC1C=CC(C(=O)O)=C(C(=O)O)C1=O. The normalized spacial score (nSPS) is 19.1. The molecule has 1 unspecified atom stereocenters. The number of allylic oxidation sites excluding steroid dienone is 1. The number of hydrogen-bond acceptors (Lipinski definition) is 3. The molecule has 5 heteroatoms. The van der Waals surface area contributed by atoms with Crippen molar-refractivity contribution in [3.8, 4) is 11.8 Å². The Morgan fingerprint density at radius 1 is 1.31 bits per heavy atom. The van der Waals surface area contributed by atoms with Gasteiger partial charge in [-0.1, -0.05) is 12.0 Å². The summed E-state index contributed by atoms with van der Waals surface area (Å²) in [7, 11) is 0. The number of hydrogen-bond donors (Lipinski definition) is 2. The van der Waals surface area contributed by atoms with Gasteiger partial charge in [-0.2, -0.15) is 0 Å². The lowest BCUT2D eigenvalue weighted by molar-refractivity contribution is -0.137. The van der Waals surface area contributed by atoms with E-state index in [-0.39, 0.29) is 0 Å². The number of carboxylic acid groups (broad SMARTS) is 2. The molecule has 0 aromatic rings. The molecule has 5 nitrogen and oxygen atoms in total. The first-order valence-electron chi connectivity index (χ1n) is 4.34. The number of aliphatic carboxylic acids is 2. The highest BCUT2D eigenvalue weighted by Crippen LogP contribution is 2.20. The van der Waals surface area contributed by atoms with Crippen LogP contribution >= 0.6 is 0 Å². The van der Waals surface area contributed by atoms with Gasteiger partial charge in [0.15, 0.2) is 5.78 Å². The van der Waals surface area contributed by atoms with Crippen molar-refractivity contribution in [3.05, 3.63) is 23.3 Å². The zero-order valence-electron chi connectivity index (χ0n) is 8.35. The van der Waals surface area contributed by atoms with Gasteiger partial charge in [0.25, 0.3) is 0 Å². The Balaban J connectivity index is 3.30. The van der Waals surface area contributed by atoms with Crippen LogP contribution in [0.3, 0.4) is 0 Å². The minimum absolute atomic E-state index is 0.508. The molecule has 0 spiro atoms. The van der Waals surface area contributed by atoms with Gasteiger partial charge in [0.05, 0.1) is 5.57 Å². The van der Waals surface area contributed by atoms with Gasteiger partial charge in [-0.25, -0.2) is 9.59 Å². The Hall–Kier alpha value is -2.35. The van der Waals surface area contributed by atoms with Crippen molar-refractivity contribution in [1.29, 1.82) is 0 Å². The lowest BCUT2D eigenvalue weighted by Crippen LogP contribution is -2.26. The van der Waals surface area contributed by atoms with Crippen LogP contribution in [-0.2, 0) is 14.4 Å².